The second-order valence-corrected chi connectivity index (χ2v) is 4.65. The van der Waals surface area contributed by atoms with Crippen molar-refractivity contribution in [2.75, 3.05) is 13.1 Å². The summed E-state index contributed by atoms with van der Waals surface area (Å²) in [4.78, 5) is 17.4. The number of hydrogen-bond donors (Lipinski definition) is 1. The van der Waals surface area contributed by atoms with E-state index in [-0.39, 0.29) is 24.4 Å². The van der Waals surface area contributed by atoms with E-state index < -0.39 is 6.04 Å². The van der Waals surface area contributed by atoms with Crippen LogP contribution in [0.4, 0.5) is 0 Å². The van der Waals surface area contributed by atoms with Crippen LogP contribution in [0.3, 0.4) is 0 Å². The highest BCUT2D eigenvalue weighted by molar-refractivity contribution is 5.85. The first kappa shape index (κ1) is 15.9. The van der Waals surface area contributed by atoms with Crippen LogP contribution >= 0.6 is 12.4 Å². The summed E-state index contributed by atoms with van der Waals surface area (Å²) >= 11 is 0. The van der Waals surface area contributed by atoms with E-state index in [1.54, 1.807) is 24.2 Å². The highest BCUT2D eigenvalue weighted by Crippen LogP contribution is 2.15. The lowest BCUT2D eigenvalue weighted by atomic mass is 10.3. The van der Waals surface area contributed by atoms with Gasteiger partial charge in [0, 0.05) is 25.5 Å². The van der Waals surface area contributed by atoms with Crippen LogP contribution in [0.5, 0.6) is 0 Å². The van der Waals surface area contributed by atoms with Gasteiger partial charge in [-0.1, -0.05) is 0 Å². The Morgan fingerprint density at radius 1 is 1.58 bits per heavy atom. The van der Waals surface area contributed by atoms with Crippen LogP contribution < -0.4 is 5.73 Å². The summed E-state index contributed by atoms with van der Waals surface area (Å²) in [6, 6.07) is 3.43. The Kier molecular flexibility index (Phi) is 6.21. The number of nitrogens with two attached hydrogens (primary N) is 1. The molecule has 0 saturated carbocycles. The molecule has 6 heteroatoms. The third-order valence-corrected chi connectivity index (χ3v) is 3.08. The van der Waals surface area contributed by atoms with Gasteiger partial charge in [0.25, 0.3) is 0 Å². The molecule has 1 saturated heterocycles. The summed E-state index contributed by atoms with van der Waals surface area (Å²) < 4.78 is 5.79. The molecular formula is C13H20ClN3O2. The van der Waals surface area contributed by atoms with Crippen molar-refractivity contribution in [2.45, 2.75) is 32.1 Å². The molecule has 1 amide bonds. The topological polar surface area (TPSA) is 68.5 Å². The molecular weight excluding hydrogens is 266 g/mol. The Labute approximate surface area is 119 Å². The Hall–Kier alpha value is -1.17. The lowest BCUT2D eigenvalue weighted by Crippen LogP contribution is -2.41. The van der Waals surface area contributed by atoms with Crippen molar-refractivity contribution in [3.05, 3.63) is 30.1 Å². The van der Waals surface area contributed by atoms with E-state index >= 15 is 0 Å². The van der Waals surface area contributed by atoms with E-state index in [1.165, 1.54) is 0 Å². The first-order valence-corrected chi connectivity index (χ1v) is 6.21. The van der Waals surface area contributed by atoms with Crippen molar-refractivity contribution in [1.82, 2.24) is 9.88 Å². The van der Waals surface area contributed by atoms with Crippen molar-refractivity contribution >= 4 is 18.3 Å². The number of amides is 1. The van der Waals surface area contributed by atoms with Gasteiger partial charge in [0.05, 0.1) is 18.8 Å². The molecule has 0 bridgehead atoms. The van der Waals surface area contributed by atoms with E-state index in [4.69, 9.17) is 10.5 Å². The monoisotopic (exact) mass is 285 g/mol. The van der Waals surface area contributed by atoms with Gasteiger partial charge in [0.2, 0.25) is 5.91 Å². The Balaban J connectivity index is 0.00000180. The number of nitrogens with zero attached hydrogens (tertiary/aromatic N) is 2. The molecule has 106 valence electrons. The third-order valence-electron chi connectivity index (χ3n) is 3.08. The predicted molar refractivity (Wildman–Crippen MR) is 74.9 cm³/mol. The van der Waals surface area contributed by atoms with Crippen molar-refractivity contribution in [3.63, 3.8) is 0 Å². The number of rotatable bonds is 4. The molecule has 1 aromatic rings. The van der Waals surface area contributed by atoms with Gasteiger partial charge in [0.15, 0.2) is 0 Å². The molecule has 0 radical (unpaired) electrons. The molecule has 5 nitrogen and oxygen atoms in total. The van der Waals surface area contributed by atoms with Crippen molar-refractivity contribution < 1.29 is 9.53 Å². The van der Waals surface area contributed by atoms with Gasteiger partial charge < -0.3 is 15.4 Å². The van der Waals surface area contributed by atoms with E-state index in [2.05, 4.69) is 4.98 Å². The number of pyridine rings is 1. The smallest absolute Gasteiger partial charge is 0.239 e. The first-order valence-electron chi connectivity index (χ1n) is 6.21. The number of carbonyl (C=O) groups is 1. The zero-order valence-electron chi connectivity index (χ0n) is 11.0. The molecule has 2 N–H and O–H groups in total. The summed E-state index contributed by atoms with van der Waals surface area (Å²) in [5.41, 5.74) is 6.69. The van der Waals surface area contributed by atoms with Crippen LogP contribution in [0, 0.1) is 0 Å². The third kappa shape index (κ3) is 4.45. The molecule has 0 aliphatic carbocycles. The average molecular weight is 286 g/mol. The van der Waals surface area contributed by atoms with Crippen LogP contribution in [-0.4, -0.2) is 41.0 Å². The van der Waals surface area contributed by atoms with Crippen LogP contribution in [-0.2, 0) is 16.1 Å². The van der Waals surface area contributed by atoms with Crippen LogP contribution in [0.15, 0.2) is 24.5 Å². The molecule has 2 heterocycles. The maximum atomic E-state index is 11.7. The molecule has 1 fully saturated rings. The molecule has 1 aromatic heterocycles. The predicted octanol–water partition coefficient (Wildman–Crippen LogP) is 0.968. The van der Waals surface area contributed by atoms with Gasteiger partial charge in [-0.3, -0.25) is 9.78 Å². The lowest BCUT2D eigenvalue weighted by Gasteiger charge is -2.18. The quantitative estimate of drug-likeness (QED) is 0.895. The Bertz CT molecular complexity index is 400. The molecule has 2 rings (SSSR count). The van der Waals surface area contributed by atoms with Gasteiger partial charge in [-0.05, 0) is 31.0 Å². The molecule has 1 aliphatic rings. The fourth-order valence-corrected chi connectivity index (χ4v) is 2.05. The van der Waals surface area contributed by atoms with Gasteiger partial charge in [-0.15, -0.1) is 12.4 Å². The molecule has 19 heavy (non-hydrogen) atoms. The van der Waals surface area contributed by atoms with Crippen LogP contribution in [0.1, 0.15) is 18.9 Å². The van der Waals surface area contributed by atoms with Gasteiger partial charge in [-0.2, -0.15) is 0 Å². The van der Waals surface area contributed by atoms with E-state index in [0.717, 1.165) is 18.5 Å². The van der Waals surface area contributed by atoms with Crippen LogP contribution in [0.25, 0.3) is 0 Å². The zero-order valence-corrected chi connectivity index (χ0v) is 11.8. The first-order chi connectivity index (χ1) is 8.66. The molecule has 0 aromatic carbocycles. The maximum Gasteiger partial charge on any atom is 0.239 e. The largest absolute Gasteiger partial charge is 0.372 e. The van der Waals surface area contributed by atoms with Crippen molar-refractivity contribution in [1.29, 1.82) is 0 Å². The highest BCUT2D eigenvalue weighted by atomic mass is 35.5. The van der Waals surface area contributed by atoms with E-state index in [1.807, 2.05) is 12.1 Å². The number of ether oxygens (including phenoxy) is 1. The molecule has 1 aliphatic heterocycles. The number of halogens is 1. The molecule has 2 atom stereocenters. The highest BCUT2D eigenvalue weighted by Gasteiger charge is 2.28. The fourth-order valence-electron chi connectivity index (χ4n) is 2.05. The summed E-state index contributed by atoms with van der Waals surface area (Å²) in [5.74, 6) is 0.00464. The summed E-state index contributed by atoms with van der Waals surface area (Å²) in [6.45, 7) is 3.66. The second-order valence-electron chi connectivity index (χ2n) is 4.65. The van der Waals surface area contributed by atoms with Gasteiger partial charge in [-0.25, -0.2) is 0 Å². The van der Waals surface area contributed by atoms with E-state index in [0.29, 0.717) is 13.2 Å². The number of carbonyl (C=O) groups excluding carboxylic acids is 1. The van der Waals surface area contributed by atoms with Crippen molar-refractivity contribution in [3.8, 4) is 0 Å². The normalized spacial score (nSPS) is 19.9. The molecule has 0 spiro atoms. The van der Waals surface area contributed by atoms with Gasteiger partial charge >= 0.3 is 0 Å². The summed E-state index contributed by atoms with van der Waals surface area (Å²) in [6.07, 6.45) is 4.49. The number of hydrogen-bond acceptors (Lipinski definition) is 4. The SMILES string of the molecule is C[C@@H](N)C(=O)N1CCC(OCc2ccncc2)C1.Cl. The van der Waals surface area contributed by atoms with Gasteiger partial charge in [0.1, 0.15) is 0 Å². The van der Waals surface area contributed by atoms with Crippen molar-refractivity contribution in [2.24, 2.45) is 5.73 Å². The standard InChI is InChI=1S/C13H19N3O2.ClH/c1-10(14)13(17)16-7-4-12(8-16)18-9-11-2-5-15-6-3-11;/h2-3,5-6,10,12H,4,7-9,14H2,1H3;1H/t10-,12?;/m1./s1. The van der Waals surface area contributed by atoms with Crippen LogP contribution in [0.2, 0.25) is 0 Å². The number of likely N-dealkylation sites (tertiary alicyclic amines) is 1. The molecule has 1 unspecified atom stereocenters. The van der Waals surface area contributed by atoms with E-state index in [9.17, 15) is 4.79 Å². The minimum atomic E-state index is -0.427. The average Bonchev–Trinajstić information content (AvgIpc) is 2.85. The minimum absolute atomic E-state index is 0. The second kappa shape index (κ2) is 7.43. The Morgan fingerprint density at radius 3 is 2.89 bits per heavy atom. The fraction of sp³-hybridized carbons (Fsp3) is 0.538. The lowest BCUT2D eigenvalue weighted by molar-refractivity contribution is -0.131. The maximum absolute atomic E-state index is 11.7. The summed E-state index contributed by atoms with van der Waals surface area (Å²) in [7, 11) is 0. The summed E-state index contributed by atoms with van der Waals surface area (Å²) in [5, 5.41) is 0. The number of aromatic nitrogens is 1. The minimum Gasteiger partial charge on any atom is -0.372 e. The Morgan fingerprint density at radius 2 is 2.26 bits per heavy atom. The zero-order chi connectivity index (χ0) is 13.0.